The van der Waals surface area contributed by atoms with E-state index in [4.69, 9.17) is 5.73 Å². The van der Waals surface area contributed by atoms with E-state index in [1.54, 1.807) is 0 Å². The average molecular weight is 321 g/mol. The van der Waals surface area contributed by atoms with Gasteiger partial charge in [0, 0.05) is 14.0 Å². The fourth-order valence-corrected chi connectivity index (χ4v) is 3.08. The quantitative estimate of drug-likeness (QED) is 0.744. The maximum absolute atomic E-state index is 13.0. The first kappa shape index (κ1) is 15.6. The number of thiophene rings is 1. The number of halogens is 3. The standard InChI is InChI=1S/C12H14F3N3O2S/c1-5(19)8-7(16)6(9(20)17-2)10(21-8)18-11(3-4-11)12(13,14)15/h18H,3-4,16H2,1-2H3,(H,17,20). The number of carbonyl (C=O) groups excluding carboxylic acids is 2. The van der Waals surface area contributed by atoms with Crippen LogP contribution in [0.15, 0.2) is 0 Å². The van der Waals surface area contributed by atoms with Gasteiger partial charge in [0.1, 0.15) is 10.5 Å². The third-order valence-corrected chi connectivity index (χ3v) is 4.59. The van der Waals surface area contributed by atoms with E-state index in [9.17, 15) is 22.8 Å². The van der Waals surface area contributed by atoms with Crippen LogP contribution in [0.2, 0.25) is 0 Å². The molecule has 0 saturated heterocycles. The van der Waals surface area contributed by atoms with Crippen molar-refractivity contribution in [1.82, 2.24) is 5.32 Å². The molecule has 0 atom stereocenters. The monoisotopic (exact) mass is 321 g/mol. The van der Waals surface area contributed by atoms with Gasteiger partial charge in [0.15, 0.2) is 5.78 Å². The summed E-state index contributed by atoms with van der Waals surface area (Å²) in [5.41, 5.74) is 3.51. The molecule has 1 aliphatic carbocycles. The molecular weight excluding hydrogens is 307 g/mol. The van der Waals surface area contributed by atoms with Crippen LogP contribution in [0, 0.1) is 0 Å². The third kappa shape index (κ3) is 2.57. The van der Waals surface area contributed by atoms with Crippen molar-refractivity contribution in [1.29, 1.82) is 0 Å². The van der Waals surface area contributed by atoms with Crippen LogP contribution in [0.3, 0.4) is 0 Å². The summed E-state index contributed by atoms with van der Waals surface area (Å²) in [6.07, 6.45) is -4.57. The number of ketones is 1. The highest BCUT2D eigenvalue weighted by molar-refractivity contribution is 7.19. The van der Waals surface area contributed by atoms with E-state index in [2.05, 4.69) is 10.6 Å². The topological polar surface area (TPSA) is 84.2 Å². The van der Waals surface area contributed by atoms with E-state index >= 15 is 0 Å². The summed E-state index contributed by atoms with van der Waals surface area (Å²) in [5.74, 6) is -1.02. The highest BCUT2D eigenvalue weighted by Crippen LogP contribution is 2.53. The zero-order valence-corrected chi connectivity index (χ0v) is 12.2. The molecule has 0 aromatic carbocycles. The van der Waals surface area contributed by atoms with Crippen LogP contribution in [0.1, 0.15) is 39.8 Å². The van der Waals surface area contributed by atoms with E-state index < -0.39 is 23.4 Å². The Labute approximate surface area is 122 Å². The Hall–Kier alpha value is -1.77. The number of amides is 1. The lowest BCUT2D eigenvalue weighted by Gasteiger charge is -2.21. The molecular formula is C12H14F3N3O2S. The van der Waals surface area contributed by atoms with Gasteiger partial charge in [0.25, 0.3) is 5.91 Å². The molecule has 1 aromatic heterocycles. The van der Waals surface area contributed by atoms with Crippen molar-refractivity contribution in [2.75, 3.05) is 18.1 Å². The molecule has 1 saturated carbocycles. The maximum atomic E-state index is 13.0. The van der Waals surface area contributed by atoms with Gasteiger partial charge < -0.3 is 16.4 Å². The van der Waals surface area contributed by atoms with Crippen LogP contribution >= 0.6 is 11.3 Å². The number of carbonyl (C=O) groups is 2. The summed E-state index contributed by atoms with van der Waals surface area (Å²) in [6.45, 7) is 1.25. The molecule has 116 valence electrons. The maximum Gasteiger partial charge on any atom is 0.411 e. The van der Waals surface area contributed by atoms with Crippen molar-refractivity contribution in [3.63, 3.8) is 0 Å². The molecule has 0 spiro atoms. The van der Waals surface area contributed by atoms with Gasteiger partial charge in [0.05, 0.1) is 16.1 Å². The molecule has 4 N–H and O–H groups in total. The number of nitrogens with one attached hydrogen (secondary N) is 2. The second-order valence-electron chi connectivity index (χ2n) is 4.89. The van der Waals surface area contributed by atoms with Crippen molar-refractivity contribution in [3.8, 4) is 0 Å². The predicted octanol–water partition coefficient (Wildman–Crippen LogP) is 2.40. The van der Waals surface area contributed by atoms with Crippen LogP contribution in [0.5, 0.6) is 0 Å². The summed E-state index contributed by atoms with van der Waals surface area (Å²) < 4.78 is 39.0. The van der Waals surface area contributed by atoms with Crippen molar-refractivity contribution < 1.29 is 22.8 Å². The third-order valence-electron chi connectivity index (χ3n) is 3.36. The fraction of sp³-hybridized carbons (Fsp3) is 0.500. The zero-order chi connectivity index (χ0) is 16.0. The predicted molar refractivity (Wildman–Crippen MR) is 73.8 cm³/mol. The number of hydrogen-bond acceptors (Lipinski definition) is 5. The van der Waals surface area contributed by atoms with Gasteiger partial charge >= 0.3 is 6.18 Å². The molecule has 21 heavy (non-hydrogen) atoms. The van der Waals surface area contributed by atoms with E-state index in [0.717, 1.165) is 11.3 Å². The minimum atomic E-state index is -4.43. The summed E-state index contributed by atoms with van der Waals surface area (Å²) in [7, 11) is 1.34. The first-order valence-electron chi connectivity index (χ1n) is 6.13. The van der Waals surface area contributed by atoms with Crippen LogP contribution in [-0.2, 0) is 0 Å². The van der Waals surface area contributed by atoms with E-state index in [1.165, 1.54) is 14.0 Å². The molecule has 9 heteroatoms. The van der Waals surface area contributed by atoms with Gasteiger partial charge in [0.2, 0.25) is 0 Å². The molecule has 0 unspecified atom stereocenters. The van der Waals surface area contributed by atoms with Crippen molar-refractivity contribution in [2.24, 2.45) is 0 Å². The Morgan fingerprint density at radius 1 is 1.33 bits per heavy atom. The number of alkyl halides is 3. The Balaban J connectivity index is 2.46. The second-order valence-corrected chi connectivity index (χ2v) is 5.91. The lowest BCUT2D eigenvalue weighted by atomic mass is 10.1. The van der Waals surface area contributed by atoms with Crippen molar-refractivity contribution in [3.05, 3.63) is 10.4 Å². The Kier molecular flexibility index (Phi) is 3.64. The number of hydrogen-bond donors (Lipinski definition) is 3. The number of anilines is 2. The number of nitrogen functional groups attached to an aromatic ring is 1. The van der Waals surface area contributed by atoms with Crippen LogP contribution < -0.4 is 16.4 Å². The number of Topliss-reactive ketones (excluding diaryl/α,β-unsaturated/α-hetero) is 1. The molecule has 0 bridgehead atoms. The largest absolute Gasteiger partial charge is 0.411 e. The van der Waals surface area contributed by atoms with Crippen molar-refractivity contribution >= 4 is 33.7 Å². The summed E-state index contributed by atoms with van der Waals surface area (Å²) >= 11 is 0.774. The minimum absolute atomic E-state index is 0.0214. The van der Waals surface area contributed by atoms with Crippen molar-refractivity contribution in [2.45, 2.75) is 31.5 Å². The number of rotatable bonds is 4. The van der Waals surface area contributed by atoms with Gasteiger partial charge in [-0.25, -0.2) is 0 Å². The molecule has 0 aliphatic heterocycles. The Morgan fingerprint density at radius 2 is 1.90 bits per heavy atom. The highest BCUT2D eigenvalue weighted by atomic mass is 32.1. The summed E-state index contributed by atoms with van der Waals surface area (Å²) in [6, 6.07) is 0. The molecule has 1 aliphatic rings. The molecule has 1 fully saturated rings. The minimum Gasteiger partial charge on any atom is -0.397 e. The average Bonchev–Trinajstić information content (AvgIpc) is 3.08. The van der Waals surface area contributed by atoms with Gasteiger partial charge in [-0.05, 0) is 12.8 Å². The molecule has 2 rings (SSSR count). The first-order chi connectivity index (χ1) is 9.63. The molecule has 1 amide bonds. The zero-order valence-electron chi connectivity index (χ0n) is 11.4. The SMILES string of the molecule is CNC(=O)c1c(NC2(C(F)(F)F)CC2)sc(C(C)=O)c1N. The molecule has 1 aromatic rings. The van der Waals surface area contributed by atoms with E-state index in [-0.39, 0.29) is 34.0 Å². The van der Waals surface area contributed by atoms with Crippen LogP contribution in [-0.4, -0.2) is 30.5 Å². The molecule has 0 radical (unpaired) electrons. The molecule has 5 nitrogen and oxygen atoms in total. The summed E-state index contributed by atoms with van der Waals surface area (Å²) in [5, 5.41) is 4.66. The lowest BCUT2D eigenvalue weighted by Crippen LogP contribution is -2.39. The Morgan fingerprint density at radius 3 is 2.29 bits per heavy atom. The van der Waals surface area contributed by atoms with Crippen LogP contribution in [0.4, 0.5) is 23.9 Å². The van der Waals surface area contributed by atoms with E-state index in [0.29, 0.717) is 0 Å². The number of nitrogens with two attached hydrogens (primary N) is 1. The lowest BCUT2D eigenvalue weighted by molar-refractivity contribution is -0.151. The van der Waals surface area contributed by atoms with Gasteiger partial charge in [-0.15, -0.1) is 11.3 Å². The fourth-order valence-electron chi connectivity index (χ4n) is 1.97. The van der Waals surface area contributed by atoms with Gasteiger partial charge in [-0.3, -0.25) is 9.59 Å². The first-order valence-corrected chi connectivity index (χ1v) is 6.95. The van der Waals surface area contributed by atoms with Crippen LogP contribution in [0.25, 0.3) is 0 Å². The van der Waals surface area contributed by atoms with Gasteiger partial charge in [-0.2, -0.15) is 13.2 Å². The summed E-state index contributed by atoms with van der Waals surface area (Å²) in [4.78, 5) is 23.4. The van der Waals surface area contributed by atoms with Gasteiger partial charge in [-0.1, -0.05) is 0 Å². The second kappa shape index (κ2) is 4.90. The smallest absolute Gasteiger partial charge is 0.397 e. The highest BCUT2D eigenvalue weighted by Gasteiger charge is 2.64. The normalized spacial score (nSPS) is 16.4. The Bertz CT molecular complexity index is 606. The van der Waals surface area contributed by atoms with E-state index in [1.807, 2.05) is 0 Å². The molecule has 1 heterocycles.